The molecule has 2 aromatic rings. The Labute approximate surface area is 243 Å². The van der Waals surface area contributed by atoms with E-state index in [-0.39, 0.29) is 45.3 Å². The molecule has 2 aliphatic carbocycles. The van der Waals surface area contributed by atoms with Gasteiger partial charge in [-0.3, -0.25) is 19.4 Å². The van der Waals surface area contributed by atoms with Crippen LogP contribution in [-0.2, 0) is 27.5 Å². The van der Waals surface area contributed by atoms with Crippen molar-refractivity contribution >= 4 is 23.1 Å². The van der Waals surface area contributed by atoms with Gasteiger partial charge in [0.1, 0.15) is 11.5 Å². The highest BCUT2D eigenvalue weighted by molar-refractivity contribution is 6.22. The van der Waals surface area contributed by atoms with Crippen molar-refractivity contribution in [3.8, 4) is 0 Å². The number of aliphatic imine (C=N–C) groups is 1. The van der Waals surface area contributed by atoms with Crippen molar-refractivity contribution in [3.05, 3.63) is 94.5 Å². The summed E-state index contributed by atoms with van der Waals surface area (Å²) in [6, 6.07) is 19.9. The first-order valence-electron chi connectivity index (χ1n) is 13.9. The summed E-state index contributed by atoms with van der Waals surface area (Å²) in [5, 5.41) is 19.6. The zero-order valence-electron chi connectivity index (χ0n) is 25.2. The third kappa shape index (κ3) is 10.6. The highest BCUT2D eigenvalue weighted by Crippen LogP contribution is 2.37. The molecule has 4 N–H and O–H groups in total. The number of nitrogens with two attached hydrogens (primary N) is 1. The predicted molar refractivity (Wildman–Crippen MR) is 164 cm³/mol. The first-order valence-corrected chi connectivity index (χ1v) is 13.9. The van der Waals surface area contributed by atoms with Crippen LogP contribution < -0.4 is 5.73 Å². The highest BCUT2D eigenvalue weighted by Gasteiger charge is 2.35. The van der Waals surface area contributed by atoms with E-state index >= 15 is 0 Å². The van der Waals surface area contributed by atoms with E-state index in [2.05, 4.69) is 4.99 Å². The topological polar surface area (TPSA) is 130 Å². The van der Waals surface area contributed by atoms with E-state index < -0.39 is 0 Å². The standard InChI is InChI=1S/C17H21NO2.C10H14O3.C7H9N/c1-12(18-11-13-7-5-4-6-8-13)16-14(19)9-17(2,3)10-15(16)20;1-6(11)9-7(12)4-10(2,3)5-8(9)13;8-6-7-4-2-1-3-5-7/h4-8,19H,9-11H2,1-3H3;12H,4-5H2,1-3H3;1-5H,6,8H2. The fraction of sp³-hybridized carbons (Fsp3) is 0.412. The molecule has 0 saturated carbocycles. The van der Waals surface area contributed by atoms with Gasteiger partial charge >= 0.3 is 0 Å². The maximum Gasteiger partial charge on any atom is 0.170 e. The number of allylic oxidation sites excluding steroid dienone is 4. The lowest BCUT2D eigenvalue weighted by atomic mass is 9.76. The molecule has 0 heterocycles. The van der Waals surface area contributed by atoms with E-state index in [1.165, 1.54) is 12.5 Å². The van der Waals surface area contributed by atoms with Gasteiger partial charge in [0.2, 0.25) is 0 Å². The number of benzene rings is 2. The number of ketones is 3. The smallest absolute Gasteiger partial charge is 0.170 e. The van der Waals surface area contributed by atoms with Crippen molar-refractivity contribution in [2.45, 2.75) is 80.3 Å². The van der Waals surface area contributed by atoms with E-state index in [0.29, 0.717) is 50.1 Å². The second kappa shape index (κ2) is 14.7. The SMILES string of the molecule is CC(=NCc1ccccc1)C1=C(O)CC(C)(C)CC1=O.CC(=O)C1=C(O)CC(C)(C)CC1=O.NCc1ccccc1. The summed E-state index contributed by atoms with van der Waals surface area (Å²) in [5.41, 5.74) is 8.29. The molecule has 0 atom stereocenters. The van der Waals surface area contributed by atoms with E-state index in [9.17, 15) is 24.6 Å². The molecule has 0 amide bonds. The maximum atomic E-state index is 12.2. The monoisotopic (exact) mass is 560 g/mol. The molecule has 7 nitrogen and oxygen atoms in total. The molecular weight excluding hydrogens is 516 g/mol. The number of rotatable bonds is 5. The van der Waals surface area contributed by atoms with E-state index in [4.69, 9.17) is 5.73 Å². The average molecular weight is 561 g/mol. The molecule has 4 rings (SSSR count). The van der Waals surface area contributed by atoms with Crippen LogP contribution in [0.15, 0.2) is 88.3 Å². The Balaban J connectivity index is 0.000000239. The molecule has 0 unspecified atom stereocenters. The van der Waals surface area contributed by atoms with Crippen molar-refractivity contribution in [3.63, 3.8) is 0 Å². The first-order chi connectivity index (χ1) is 19.2. The fourth-order valence-corrected chi connectivity index (χ4v) is 4.87. The number of Topliss-reactive ketones (excluding diaryl/α,β-unsaturated/α-hetero) is 3. The lowest BCUT2D eigenvalue weighted by Gasteiger charge is -2.29. The van der Waals surface area contributed by atoms with Crippen molar-refractivity contribution in [2.75, 3.05) is 0 Å². The Morgan fingerprint density at radius 2 is 1.15 bits per heavy atom. The summed E-state index contributed by atoms with van der Waals surface area (Å²) in [6.45, 7) is 12.1. The number of carbonyl (C=O) groups is 3. The second-order valence-electron chi connectivity index (χ2n) is 12.2. The van der Waals surface area contributed by atoms with E-state index in [0.717, 1.165) is 5.56 Å². The van der Waals surface area contributed by atoms with E-state index in [1.807, 2.05) is 88.4 Å². The summed E-state index contributed by atoms with van der Waals surface area (Å²) in [7, 11) is 0. The van der Waals surface area contributed by atoms with Crippen molar-refractivity contribution in [1.29, 1.82) is 0 Å². The molecule has 220 valence electrons. The number of hydrogen-bond donors (Lipinski definition) is 3. The van der Waals surface area contributed by atoms with Gasteiger partial charge in [0.15, 0.2) is 17.3 Å². The quantitative estimate of drug-likeness (QED) is 0.273. The van der Waals surface area contributed by atoms with Crippen LogP contribution >= 0.6 is 0 Å². The van der Waals surface area contributed by atoms with Gasteiger partial charge < -0.3 is 15.9 Å². The molecule has 41 heavy (non-hydrogen) atoms. The fourth-order valence-electron chi connectivity index (χ4n) is 4.87. The average Bonchev–Trinajstić information content (AvgIpc) is 2.86. The van der Waals surface area contributed by atoms with Gasteiger partial charge in [0.05, 0.1) is 17.7 Å². The molecule has 0 radical (unpaired) electrons. The number of aliphatic hydroxyl groups excluding tert-OH is 2. The van der Waals surface area contributed by atoms with Gasteiger partial charge in [0, 0.05) is 37.9 Å². The largest absolute Gasteiger partial charge is 0.511 e. The van der Waals surface area contributed by atoms with Crippen LogP contribution in [-0.4, -0.2) is 33.3 Å². The minimum atomic E-state index is -0.335. The molecule has 0 bridgehead atoms. The van der Waals surface area contributed by atoms with Gasteiger partial charge in [0.25, 0.3) is 0 Å². The zero-order valence-corrected chi connectivity index (χ0v) is 25.2. The minimum Gasteiger partial charge on any atom is -0.511 e. The Hall–Kier alpha value is -3.84. The number of carbonyl (C=O) groups excluding carboxylic acids is 3. The van der Waals surface area contributed by atoms with Gasteiger partial charge in [-0.25, -0.2) is 0 Å². The Morgan fingerprint density at radius 3 is 1.51 bits per heavy atom. The van der Waals surface area contributed by atoms with Crippen molar-refractivity contribution < 1.29 is 24.6 Å². The molecule has 7 heteroatoms. The van der Waals surface area contributed by atoms with Crippen LogP contribution in [0.1, 0.15) is 78.4 Å². The van der Waals surface area contributed by atoms with Crippen molar-refractivity contribution in [2.24, 2.45) is 21.6 Å². The van der Waals surface area contributed by atoms with Gasteiger partial charge in [-0.05, 0) is 35.8 Å². The summed E-state index contributed by atoms with van der Waals surface area (Å²) in [4.78, 5) is 39.0. The molecule has 0 aromatic heterocycles. The molecule has 0 fully saturated rings. The third-order valence-corrected chi connectivity index (χ3v) is 6.84. The van der Waals surface area contributed by atoms with Crippen LogP contribution in [0.4, 0.5) is 0 Å². The molecule has 2 aliphatic rings. The Bertz CT molecular complexity index is 1320. The summed E-state index contributed by atoms with van der Waals surface area (Å²) < 4.78 is 0. The van der Waals surface area contributed by atoms with Gasteiger partial charge in [-0.2, -0.15) is 0 Å². The summed E-state index contributed by atoms with van der Waals surface area (Å²) in [6.07, 6.45) is 1.75. The van der Waals surface area contributed by atoms with Crippen LogP contribution in [0.5, 0.6) is 0 Å². The van der Waals surface area contributed by atoms with Crippen molar-refractivity contribution in [1.82, 2.24) is 0 Å². The van der Waals surface area contributed by atoms with E-state index in [1.54, 1.807) is 6.92 Å². The zero-order chi connectivity index (χ0) is 30.8. The summed E-state index contributed by atoms with van der Waals surface area (Å²) >= 11 is 0. The van der Waals surface area contributed by atoms with Crippen LogP contribution in [0.3, 0.4) is 0 Å². The molecule has 0 saturated heterocycles. The lowest BCUT2D eigenvalue weighted by Crippen LogP contribution is -2.28. The molecule has 2 aromatic carbocycles. The normalized spacial score (nSPS) is 18.2. The number of hydrogen-bond acceptors (Lipinski definition) is 7. The molecule has 0 aliphatic heterocycles. The number of aliphatic hydroxyl groups is 2. The van der Waals surface area contributed by atoms with Crippen LogP contribution in [0.25, 0.3) is 0 Å². The van der Waals surface area contributed by atoms with Gasteiger partial charge in [-0.15, -0.1) is 0 Å². The Morgan fingerprint density at radius 1 is 0.732 bits per heavy atom. The lowest BCUT2D eigenvalue weighted by molar-refractivity contribution is -0.123. The highest BCUT2D eigenvalue weighted by atomic mass is 16.3. The Kier molecular flexibility index (Phi) is 12.0. The number of nitrogens with zero attached hydrogens (tertiary/aromatic N) is 1. The first kappa shape index (κ1) is 33.4. The van der Waals surface area contributed by atoms with Crippen LogP contribution in [0.2, 0.25) is 0 Å². The second-order valence-corrected chi connectivity index (χ2v) is 12.2. The van der Waals surface area contributed by atoms with Gasteiger partial charge in [-0.1, -0.05) is 88.4 Å². The summed E-state index contributed by atoms with van der Waals surface area (Å²) in [5.74, 6) is -0.443. The molecule has 0 spiro atoms. The molecular formula is C34H44N2O5. The predicted octanol–water partition coefficient (Wildman–Crippen LogP) is 6.77. The van der Waals surface area contributed by atoms with Crippen LogP contribution in [0, 0.1) is 10.8 Å². The maximum absolute atomic E-state index is 12.2. The minimum absolute atomic E-state index is 0.000625. The third-order valence-electron chi connectivity index (χ3n) is 6.84.